The van der Waals surface area contributed by atoms with E-state index >= 15 is 0 Å². The molecule has 2 saturated heterocycles. The first-order valence-corrected chi connectivity index (χ1v) is 5.12. The zero-order chi connectivity index (χ0) is 9.55. The van der Waals surface area contributed by atoms with Crippen molar-refractivity contribution < 1.29 is 9.47 Å². The Labute approximate surface area is 82.8 Å². The molecule has 0 N–H and O–H groups in total. The van der Waals surface area contributed by atoms with Gasteiger partial charge in [0.05, 0.1) is 0 Å². The number of hydrogen-bond acceptors (Lipinski definition) is 2. The molecule has 1 aromatic rings. The summed E-state index contributed by atoms with van der Waals surface area (Å²) in [5.74, 6) is 0. The van der Waals surface area contributed by atoms with Gasteiger partial charge in [-0.05, 0) is 25.0 Å². The van der Waals surface area contributed by atoms with Crippen molar-refractivity contribution in [3.63, 3.8) is 0 Å². The van der Waals surface area contributed by atoms with Crippen LogP contribution in [0, 0.1) is 0 Å². The van der Waals surface area contributed by atoms with Crippen LogP contribution >= 0.6 is 0 Å². The van der Waals surface area contributed by atoms with E-state index in [9.17, 15) is 0 Å². The van der Waals surface area contributed by atoms with Crippen LogP contribution in [0.3, 0.4) is 0 Å². The molecule has 0 radical (unpaired) electrons. The maximum Gasteiger partial charge on any atom is 0.121 e. The summed E-state index contributed by atoms with van der Waals surface area (Å²) in [7, 11) is 0. The molecular formula is C12H12O2. The molecule has 0 aromatic heterocycles. The maximum absolute atomic E-state index is 6.15. The molecule has 0 spiro atoms. The van der Waals surface area contributed by atoms with Crippen LogP contribution in [0.25, 0.3) is 0 Å². The molecule has 14 heavy (non-hydrogen) atoms. The van der Waals surface area contributed by atoms with Gasteiger partial charge in [-0.2, -0.15) is 0 Å². The fourth-order valence-electron chi connectivity index (χ4n) is 3.27. The number of hydrogen-bond donors (Lipinski definition) is 0. The van der Waals surface area contributed by atoms with Crippen molar-refractivity contribution in [2.24, 2.45) is 0 Å². The zero-order valence-corrected chi connectivity index (χ0v) is 8.28. The molecular weight excluding hydrogens is 176 g/mol. The topological polar surface area (TPSA) is 21.8 Å². The van der Waals surface area contributed by atoms with E-state index in [-0.39, 0.29) is 11.2 Å². The van der Waals surface area contributed by atoms with Crippen LogP contribution in [0.1, 0.15) is 25.0 Å². The van der Waals surface area contributed by atoms with E-state index in [1.54, 1.807) is 0 Å². The Kier molecular flexibility index (Phi) is 0.942. The molecule has 4 rings (SSSR count). The van der Waals surface area contributed by atoms with E-state index in [1.165, 1.54) is 11.1 Å². The van der Waals surface area contributed by atoms with Gasteiger partial charge >= 0.3 is 0 Å². The summed E-state index contributed by atoms with van der Waals surface area (Å²) in [4.78, 5) is 0. The number of ether oxygens (including phenoxy) is 2. The van der Waals surface area contributed by atoms with Crippen LogP contribution in [0.2, 0.25) is 0 Å². The second-order valence-electron chi connectivity index (χ2n) is 4.84. The summed E-state index contributed by atoms with van der Waals surface area (Å²) < 4.78 is 11.9. The van der Waals surface area contributed by atoms with Crippen LogP contribution in [0.4, 0.5) is 0 Å². The first-order chi connectivity index (χ1) is 6.66. The molecule has 0 aliphatic carbocycles. The van der Waals surface area contributed by atoms with Crippen LogP contribution in [0.15, 0.2) is 24.3 Å². The van der Waals surface area contributed by atoms with Crippen molar-refractivity contribution >= 4 is 0 Å². The number of benzene rings is 1. The molecule has 3 aliphatic heterocycles. The van der Waals surface area contributed by atoms with Gasteiger partial charge in [0.25, 0.3) is 0 Å². The average Bonchev–Trinajstić information content (AvgIpc) is 2.90. The minimum atomic E-state index is -0.185. The van der Waals surface area contributed by atoms with E-state index in [0.29, 0.717) is 12.2 Å². The molecule has 2 bridgehead atoms. The molecule has 2 nitrogen and oxygen atoms in total. The van der Waals surface area contributed by atoms with E-state index in [2.05, 4.69) is 38.1 Å². The Bertz CT molecular complexity index is 403. The SMILES string of the molecule is CC12OC(C)(c3ccccc31)C1OC12. The third-order valence-electron chi connectivity index (χ3n) is 4.00. The lowest BCUT2D eigenvalue weighted by Crippen LogP contribution is -2.26. The van der Waals surface area contributed by atoms with Gasteiger partial charge in [0.15, 0.2) is 0 Å². The zero-order valence-electron chi connectivity index (χ0n) is 8.28. The maximum atomic E-state index is 6.15. The number of fused-ring (bicyclic) bond motifs is 8. The lowest BCUT2D eigenvalue weighted by atomic mass is 9.78. The van der Waals surface area contributed by atoms with Crippen molar-refractivity contribution in [2.45, 2.75) is 37.3 Å². The Balaban J connectivity index is 2.08. The van der Waals surface area contributed by atoms with E-state index in [4.69, 9.17) is 9.47 Å². The summed E-state index contributed by atoms with van der Waals surface area (Å²) in [6.07, 6.45) is 0.588. The van der Waals surface area contributed by atoms with Crippen molar-refractivity contribution in [3.05, 3.63) is 35.4 Å². The minimum Gasteiger partial charge on any atom is -0.363 e. The third-order valence-corrected chi connectivity index (χ3v) is 4.00. The molecule has 3 aliphatic rings. The monoisotopic (exact) mass is 188 g/mol. The molecule has 4 atom stereocenters. The number of epoxide rings is 1. The predicted octanol–water partition coefficient (Wildman–Crippen LogP) is 1.93. The summed E-state index contributed by atoms with van der Waals surface area (Å²) in [5.41, 5.74) is 2.27. The van der Waals surface area contributed by atoms with Crippen molar-refractivity contribution in [3.8, 4) is 0 Å². The van der Waals surface area contributed by atoms with Gasteiger partial charge in [0.1, 0.15) is 23.4 Å². The van der Waals surface area contributed by atoms with E-state index < -0.39 is 0 Å². The van der Waals surface area contributed by atoms with Crippen molar-refractivity contribution in [2.75, 3.05) is 0 Å². The van der Waals surface area contributed by atoms with Gasteiger partial charge in [-0.15, -0.1) is 0 Å². The predicted molar refractivity (Wildman–Crippen MR) is 50.9 cm³/mol. The van der Waals surface area contributed by atoms with E-state index in [1.807, 2.05) is 0 Å². The second kappa shape index (κ2) is 1.77. The fourth-order valence-corrected chi connectivity index (χ4v) is 3.27. The highest BCUT2D eigenvalue weighted by Crippen LogP contribution is 2.66. The highest BCUT2D eigenvalue weighted by atomic mass is 16.7. The molecule has 1 aromatic carbocycles. The molecule has 72 valence electrons. The highest BCUT2D eigenvalue weighted by molar-refractivity contribution is 5.49. The van der Waals surface area contributed by atoms with Crippen molar-refractivity contribution in [1.29, 1.82) is 0 Å². The normalized spacial score (nSPS) is 51.6. The average molecular weight is 188 g/mol. The van der Waals surface area contributed by atoms with Gasteiger partial charge in [0, 0.05) is 0 Å². The smallest absolute Gasteiger partial charge is 0.121 e. The third kappa shape index (κ3) is 0.538. The largest absolute Gasteiger partial charge is 0.363 e. The minimum absolute atomic E-state index is 0.185. The summed E-state index contributed by atoms with van der Waals surface area (Å²) in [6.45, 7) is 4.30. The lowest BCUT2D eigenvalue weighted by Gasteiger charge is -2.22. The molecule has 3 heterocycles. The number of rotatable bonds is 0. The van der Waals surface area contributed by atoms with Crippen LogP contribution < -0.4 is 0 Å². The quantitative estimate of drug-likeness (QED) is 0.580. The van der Waals surface area contributed by atoms with Crippen LogP contribution in [0.5, 0.6) is 0 Å². The lowest BCUT2D eigenvalue weighted by molar-refractivity contribution is -0.131. The van der Waals surface area contributed by atoms with Gasteiger partial charge in [-0.3, -0.25) is 0 Å². The fraction of sp³-hybridized carbons (Fsp3) is 0.500. The molecule has 2 heteroatoms. The van der Waals surface area contributed by atoms with Gasteiger partial charge in [-0.1, -0.05) is 24.3 Å². The summed E-state index contributed by atoms with van der Waals surface area (Å²) in [5, 5.41) is 0. The summed E-state index contributed by atoms with van der Waals surface area (Å²) >= 11 is 0. The Morgan fingerprint density at radius 3 is 2.00 bits per heavy atom. The first-order valence-electron chi connectivity index (χ1n) is 5.12. The van der Waals surface area contributed by atoms with Gasteiger partial charge in [-0.25, -0.2) is 0 Å². The van der Waals surface area contributed by atoms with Gasteiger partial charge in [0.2, 0.25) is 0 Å². The highest BCUT2D eigenvalue weighted by Gasteiger charge is 2.75. The van der Waals surface area contributed by atoms with Gasteiger partial charge < -0.3 is 9.47 Å². The second-order valence-corrected chi connectivity index (χ2v) is 4.84. The summed E-state index contributed by atoms with van der Waals surface area (Å²) in [6, 6.07) is 8.49. The van der Waals surface area contributed by atoms with Crippen molar-refractivity contribution in [1.82, 2.24) is 0 Å². The molecule has 0 amide bonds. The molecule has 4 unspecified atom stereocenters. The van der Waals surface area contributed by atoms with Crippen LogP contribution in [-0.4, -0.2) is 12.2 Å². The molecule has 0 saturated carbocycles. The first kappa shape index (κ1) is 7.43. The Morgan fingerprint density at radius 1 is 1.00 bits per heavy atom. The van der Waals surface area contributed by atoms with E-state index in [0.717, 1.165) is 0 Å². The Morgan fingerprint density at radius 2 is 1.50 bits per heavy atom. The standard InChI is InChI=1S/C12H12O2/c1-11-7-5-3-4-6-8(7)12(2,14-11)10-9(11)13-10/h3-6,9-10H,1-2H3. The van der Waals surface area contributed by atoms with Crippen LogP contribution in [-0.2, 0) is 20.7 Å². The molecule has 2 fully saturated rings. The Hall–Kier alpha value is -0.860.